The zero-order chi connectivity index (χ0) is 12.8. The van der Waals surface area contributed by atoms with Gasteiger partial charge in [0.2, 0.25) is 0 Å². The van der Waals surface area contributed by atoms with Crippen molar-refractivity contribution in [2.24, 2.45) is 0 Å². The Morgan fingerprint density at radius 2 is 2.00 bits per heavy atom. The molecule has 4 heteroatoms. The SMILES string of the molecule is CC1(C)O[C@@H]1COc1ccc2ccc(=O)oc2c1. The molecule has 1 aromatic carbocycles. The largest absolute Gasteiger partial charge is 0.491 e. The van der Waals surface area contributed by atoms with Crippen molar-refractivity contribution in [3.05, 3.63) is 40.8 Å². The summed E-state index contributed by atoms with van der Waals surface area (Å²) in [6.45, 7) is 4.57. The summed E-state index contributed by atoms with van der Waals surface area (Å²) in [6, 6.07) is 8.60. The summed E-state index contributed by atoms with van der Waals surface area (Å²) in [6.07, 6.45) is 0.135. The molecule has 1 atom stereocenters. The summed E-state index contributed by atoms with van der Waals surface area (Å²) in [7, 11) is 0. The Labute approximate surface area is 104 Å². The summed E-state index contributed by atoms with van der Waals surface area (Å²) in [5.74, 6) is 0.683. The maximum atomic E-state index is 11.1. The van der Waals surface area contributed by atoms with Crippen molar-refractivity contribution in [3.8, 4) is 5.75 Å². The van der Waals surface area contributed by atoms with E-state index in [2.05, 4.69) is 0 Å². The average Bonchev–Trinajstić information content (AvgIpc) is 2.94. The first-order valence-electron chi connectivity index (χ1n) is 5.89. The Kier molecular flexibility index (Phi) is 2.41. The lowest BCUT2D eigenvalue weighted by atomic mass is 10.1. The first-order valence-corrected chi connectivity index (χ1v) is 5.89. The normalized spacial score (nSPS) is 20.9. The van der Waals surface area contributed by atoms with Gasteiger partial charge in [-0.15, -0.1) is 0 Å². The van der Waals surface area contributed by atoms with Gasteiger partial charge in [-0.3, -0.25) is 0 Å². The second-order valence-electron chi connectivity index (χ2n) is 4.98. The molecular weight excluding hydrogens is 232 g/mol. The highest BCUT2D eigenvalue weighted by Crippen LogP contribution is 2.35. The van der Waals surface area contributed by atoms with Crippen molar-refractivity contribution in [3.63, 3.8) is 0 Å². The molecule has 0 amide bonds. The van der Waals surface area contributed by atoms with Crippen molar-refractivity contribution >= 4 is 11.0 Å². The number of hydrogen-bond donors (Lipinski definition) is 0. The Balaban J connectivity index is 1.78. The monoisotopic (exact) mass is 246 g/mol. The predicted octanol–water partition coefficient (Wildman–Crippen LogP) is 2.35. The van der Waals surface area contributed by atoms with E-state index < -0.39 is 0 Å². The molecule has 0 spiro atoms. The molecule has 18 heavy (non-hydrogen) atoms. The van der Waals surface area contributed by atoms with Crippen LogP contribution in [0.5, 0.6) is 5.75 Å². The van der Waals surface area contributed by atoms with E-state index in [-0.39, 0.29) is 17.3 Å². The Bertz CT molecular complexity index is 642. The number of benzene rings is 1. The molecule has 94 valence electrons. The minimum Gasteiger partial charge on any atom is -0.491 e. The van der Waals surface area contributed by atoms with Crippen LogP contribution in [0.1, 0.15) is 13.8 Å². The molecule has 1 saturated heterocycles. The molecule has 0 N–H and O–H groups in total. The van der Waals surface area contributed by atoms with Crippen molar-refractivity contribution in [2.45, 2.75) is 25.6 Å². The van der Waals surface area contributed by atoms with Gasteiger partial charge in [0.05, 0.1) is 5.60 Å². The van der Waals surface area contributed by atoms with E-state index in [9.17, 15) is 4.79 Å². The van der Waals surface area contributed by atoms with Gasteiger partial charge in [0.15, 0.2) is 0 Å². The zero-order valence-electron chi connectivity index (χ0n) is 10.3. The third-order valence-corrected chi connectivity index (χ3v) is 3.16. The summed E-state index contributed by atoms with van der Waals surface area (Å²) >= 11 is 0. The smallest absolute Gasteiger partial charge is 0.336 e. The summed E-state index contributed by atoms with van der Waals surface area (Å²) < 4.78 is 16.2. The Hall–Kier alpha value is -1.81. The summed E-state index contributed by atoms with van der Waals surface area (Å²) in [5.41, 5.74) is 0.103. The molecule has 0 bridgehead atoms. The quantitative estimate of drug-likeness (QED) is 0.616. The Morgan fingerprint density at radius 3 is 2.72 bits per heavy atom. The van der Waals surface area contributed by atoms with E-state index in [1.165, 1.54) is 6.07 Å². The van der Waals surface area contributed by atoms with Gasteiger partial charge in [-0.05, 0) is 32.0 Å². The van der Waals surface area contributed by atoms with Gasteiger partial charge in [0, 0.05) is 17.5 Å². The number of rotatable bonds is 3. The van der Waals surface area contributed by atoms with Crippen molar-refractivity contribution < 1.29 is 13.9 Å². The van der Waals surface area contributed by atoms with Gasteiger partial charge in [0.25, 0.3) is 0 Å². The fraction of sp³-hybridized carbons (Fsp3) is 0.357. The van der Waals surface area contributed by atoms with E-state index in [1.807, 2.05) is 26.0 Å². The fourth-order valence-electron chi connectivity index (χ4n) is 1.87. The van der Waals surface area contributed by atoms with Gasteiger partial charge >= 0.3 is 5.63 Å². The number of fused-ring (bicyclic) bond motifs is 1. The van der Waals surface area contributed by atoms with E-state index in [1.54, 1.807) is 12.1 Å². The number of hydrogen-bond acceptors (Lipinski definition) is 4. The minimum atomic E-state index is -0.355. The molecule has 4 nitrogen and oxygen atoms in total. The third kappa shape index (κ3) is 2.11. The van der Waals surface area contributed by atoms with Crippen LogP contribution >= 0.6 is 0 Å². The second-order valence-corrected chi connectivity index (χ2v) is 4.98. The highest BCUT2D eigenvalue weighted by atomic mass is 16.6. The molecule has 1 aliphatic heterocycles. The molecule has 0 unspecified atom stereocenters. The van der Waals surface area contributed by atoms with Crippen LogP contribution in [-0.2, 0) is 4.74 Å². The van der Waals surface area contributed by atoms with E-state index in [0.717, 1.165) is 5.39 Å². The van der Waals surface area contributed by atoms with Gasteiger partial charge in [-0.25, -0.2) is 4.79 Å². The first-order chi connectivity index (χ1) is 8.54. The van der Waals surface area contributed by atoms with Crippen LogP contribution in [0.15, 0.2) is 39.5 Å². The zero-order valence-corrected chi connectivity index (χ0v) is 10.3. The van der Waals surface area contributed by atoms with E-state index >= 15 is 0 Å². The third-order valence-electron chi connectivity index (χ3n) is 3.16. The molecule has 0 aliphatic carbocycles. The van der Waals surface area contributed by atoms with Crippen molar-refractivity contribution in [2.75, 3.05) is 6.61 Å². The molecule has 0 radical (unpaired) electrons. The topological polar surface area (TPSA) is 52.0 Å². The molecule has 2 aromatic rings. The van der Waals surface area contributed by atoms with Crippen molar-refractivity contribution in [1.82, 2.24) is 0 Å². The van der Waals surface area contributed by atoms with Crippen LogP contribution in [0.2, 0.25) is 0 Å². The van der Waals surface area contributed by atoms with Crippen LogP contribution in [0.3, 0.4) is 0 Å². The standard InChI is InChI=1S/C14H14O4/c1-14(2)12(18-14)8-16-10-5-3-9-4-6-13(15)17-11(9)7-10/h3-7,12H,8H2,1-2H3/t12-/m1/s1. The molecule has 2 heterocycles. The number of ether oxygens (including phenoxy) is 2. The highest BCUT2D eigenvalue weighted by Gasteiger charge is 2.48. The van der Waals surface area contributed by atoms with Crippen LogP contribution in [0.4, 0.5) is 0 Å². The van der Waals surface area contributed by atoms with Gasteiger partial charge in [-0.2, -0.15) is 0 Å². The summed E-state index contributed by atoms with van der Waals surface area (Å²) in [4.78, 5) is 11.1. The predicted molar refractivity (Wildman–Crippen MR) is 66.9 cm³/mol. The second kappa shape index (κ2) is 3.85. The Morgan fingerprint density at radius 1 is 1.28 bits per heavy atom. The highest BCUT2D eigenvalue weighted by molar-refractivity contribution is 5.77. The van der Waals surface area contributed by atoms with Crippen LogP contribution < -0.4 is 10.4 Å². The fourth-order valence-corrected chi connectivity index (χ4v) is 1.87. The van der Waals surface area contributed by atoms with Gasteiger partial charge < -0.3 is 13.9 Å². The van der Waals surface area contributed by atoms with Gasteiger partial charge in [-0.1, -0.05) is 0 Å². The van der Waals surface area contributed by atoms with Crippen LogP contribution in [0, 0.1) is 0 Å². The van der Waals surface area contributed by atoms with Gasteiger partial charge in [0.1, 0.15) is 24.0 Å². The summed E-state index contributed by atoms with van der Waals surface area (Å²) in [5, 5.41) is 0.880. The molecule has 1 fully saturated rings. The molecule has 0 saturated carbocycles. The van der Waals surface area contributed by atoms with E-state index in [4.69, 9.17) is 13.9 Å². The lowest BCUT2D eigenvalue weighted by Crippen LogP contribution is -2.12. The maximum Gasteiger partial charge on any atom is 0.336 e. The van der Waals surface area contributed by atoms with Crippen LogP contribution in [-0.4, -0.2) is 18.3 Å². The lowest BCUT2D eigenvalue weighted by Gasteiger charge is -2.05. The minimum absolute atomic E-state index is 0.0799. The van der Waals surface area contributed by atoms with E-state index in [0.29, 0.717) is 17.9 Å². The molecule has 1 aromatic heterocycles. The number of epoxide rings is 1. The molecular formula is C14H14O4. The molecule has 1 aliphatic rings. The van der Waals surface area contributed by atoms with Crippen molar-refractivity contribution in [1.29, 1.82) is 0 Å². The molecule has 3 rings (SSSR count). The average molecular weight is 246 g/mol. The maximum absolute atomic E-state index is 11.1. The van der Waals surface area contributed by atoms with Crippen LogP contribution in [0.25, 0.3) is 11.0 Å². The first kappa shape index (κ1) is 11.3. The lowest BCUT2D eigenvalue weighted by molar-refractivity contribution is 0.254.